The minimum atomic E-state index is -0.213. The van der Waals surface area contributed by atoms with Gasteiger partial charge in [0.25, 0.3) is 0 Å². The van der Waals surface area contributed by atoms with E-state index in [1.54, 1.807) is 21.3 Å². The topological polar surface area (TPSA) is 85.8 Å². The van der Waals surface area contributed by atoms with Gasteiger partial charge >= 0.3 is 0 Å². The minimum absolute atomic E-state index is 0.0455. The molecule has 38 heavy (non-hydrogen) atoms. The molecule has 0 saturated heterocycles. The molecule has 0 aliphatic carbocycles. The lowest BCUT2D eigenvalue weighted by Crippen LogP contribution is -2.41. The van der Waals surface area contributed by atoms with Crippen molar-refractivity contribution in [3.8, 4) is 17.2 Å². The number of fused-ring (bicyclic) bond motifs is 1. The summed E-state index contributed by atoms with van der Waals surface area (Å²) in [5.41, 5.74) is 4.16. The van der Waals surface area contributed by atoms with Crippen molar-refractivity contribution in [1.29, 1.82) is 0 Å². The van der Waals surface area contributed by atoms with Crippen LogP contribution in [0, 0.1) is 0 Å². The van der Waals surface area contributed by atoms with Crippen LogP contribution in [0.5, 0.6) is 17.2 Å². The molecular formula is C28H28N4O4S2. The van der Waals surface area contributed by atoms with E-state index in [9.17, 15) is 4.79 Å². The van der Waals surface area contributed by atoms with Crippen LogP contribution in [0.25, 0.3) is 0 Å². The molecule has 1 aromatic heterocycles. The average Bonchev–Trinajstić information content (AvgIpc) is 3.42. The third kappa shape index (κ3) is 5.56. The van der Waals surface area contributed by atoms with Crippen LogP contribution in [0.1, 0.15) is 22.7 Å². The zero-order chi connectivity index (χ0) is 26.5. The summed E-state index contributed by atoms with van der Waals surface area (Å²) < 4.78 is 17.0. The van der Waals surface area contributed by atoms with E-state index >= 15 is 0 Å². The first-order valence-electron chi connectivity index (χ1n) is 12.1. The van der Waals surface area contributed by atoms with Crippen molar-refractivity contribution < 1.29 is 19.0 Å². The maximum Gasteiger partial charge on any atom is 0.233 e. The van der Waals surface area contributed by atoms with Gasteiger partial charge in [0.15, 0.2) is 15.8 Å². The Labute approximate surface area is 229 Å². The standard InChI is InChI=1S/C28H28N4O4S2/c1-34-21-11-9-20(10-12-21)29-27-30-31-28(38-27)37-17-25(33)32-14-13-19-15-23(35-2)24(36-3)16-22(19)26(32)18-7-5-4-6-8-18/h4-12,15-16,26H,13-14,17H2,1-3H3,(H,29,30)/t26-/m0/s1. The van der Waals surface area contributed by atoms with E-state index in [1.165, 1.54) is 23.1 Å². The van der Waals surface area contributed by atoms with Gasteiger partial charge in [0.05, 0.1) is 33.1 Å². The number of thioether (sulfide) groups is 1. The van der Waals surface area contributed by atoms with Crippen LogP contribution in [0.2, 0.25) is 0 Å². The molecule has 4 aromatic rings. The normalized spacial score (nSPS) is 14.5. The van der Waals surface area contributed by atoms with Crippen molar-refractivity contribution in [2.24, 2.45) is 0 Å². The molecule has 10 heteroatoms. The summed E-state index contributed by atoms with van der Waals surface area (Å²) in [5, 5.41) is 12.4. The number of hydrogen-bond donors (Lipinski definition) is 1. The molecule has 0 bridgehead atoms. The van der Waals surface area contributed by atoms with E-state index in [0.29, 0.717) is 23.2 Å². The Morgan fingerprint density at radius 3 is 2.45 bits per heavy atom. The Hall–Kier alpha value is -3.76. The van der Waals surface area contributed by atoms with Crippen molar-refractivity contribution in [3.63, 3.8) is 0 Å². The fraction of sp³-hybridized carbons (Fsp3) is 0.250. The maximum atomic E-state index is 13.6. The Balaban J connectivity index is 1.32. The van der Waals surface area contributed by atoms with Crippen LogP contribution in [0.4, 0.5) is 10.8 Å². The maximum absolute atomic E-state index is 13.6. The number of carbonyl (C=O) groups excluding carboxylic acids is 1. The number of nitrogens with one attached hydrogen (secondary N) is 1. The Bertz CT molecular complexity index is 1400. The lowest BCUT2D eigenvalue weighted by molar-refractivity contribution is -0.130. The van der Waals surface area contributed by atoms with Gasteiger partial charge in [-0.25, -0.2) is 0 Å². The third-order valence-electron chi connectivity index (χ3n) is 6.38. The Morgan fingerprint density at radius 1 is 1.00 bits per heavy atom. The molecule has 1 N–H and O–H groups in total. The predicted octanol–water partition coefficient (Wildman–Crippen LogP) is 5.57. The second kappa shape index (κ2) is 11.7. The highest BCUT2D eigenvalue weighted by Crippen LogP contribution is 2.41. The van der Waals surface area contributed by atoms with Crippen LogP contribution < -0.4 is 19.5 Å². The van der Waals surface area contributed by atoms with E-state index in [0.717, 1.165) is 38.9 Å². The zero-order valence-corrected chi connectivity index (χ0v) is 23.0. The lowest BCUT2D eigenvalue weighted by atomic mass is 9.87. The summed E-state index contributed by atoms with van der Waals surface area (Å²) in [6.45, 7) is 0.613. The third-order valence-corrected chi connectivity index (χ3v) is 8.33. The summed E-state index contributed by atoms with van der Waals surface area (Å²) in [5.74, 6) is 2.45. The number of methoxy groups -OCH3 is 3. The van der Waals surface area contributed by atoms with Crippen molar-refractivity contribution in [3.05, 3.63) is 83.4 Å². The van der Waals surface area contributed by atoms with Gasteiger partial charge < -0.3 is 24.4 Å². The van der Waals surface area contributed by atoms with Crippen LogP contribution in [0.3, 0.4) is 0 Å². The summed E-state index contributed by atoms with van der Waals surface area (Å²) in [6.07, 6.45) is 0.740. The monoisotopic (exact) mass is 548 g/mol. The van der Waals surface area contributed by atoms with Gasteiger partial charge in [0.2, 0.25) is 11.0 Å². The SMILES string of the molecule is COc1ccc(Nc2nnc(SCC(=O)N3CCc4cc(OC)c(OC)cc4[C@@H]3c3ccccc3)s2)cc1. The molecule has 5 rings (SSSR count). The summed E-state index contributed by atoms with van der Waals surface area (Å²) in [7, 11) is 4.90. The fourth-order valence-electron chi connectivity index (χ4n) is 4.53. The number of hydrogen-bond acceptors (Lipinski definition) is 9. The number of ether oxygens (including phenoxy) is 3. The van der Waals surface area contributed by atoms with Crippen molar-refractivity contribution in [1.82, 2.24) is 15.1 Å². The van der Waals surface area contributed by atoms with E-state index < -0.39 is 0 Å². The number of nitrogens with zero attached hydrogens (tertiary/aromatic N) is 3. The molecule has 1 atom stereocenters. The highest BCUT2D eigenvalue weighted by atomic mass is 32.2. The molecule has 0 spiro atoms. The largest absolute Gasteiger partial charge is 0.497 e. The van der Waals surface area contributed by atoms with Crippen LogP contribution >= 0.6 is 23.1 Å². The zero-order valence-electron chi connectivity index (χ0n) is 21.3. The fourth-order valence-corrected chi connectivity index (χ4v) is 6.19. The Kier molecular flexibility index (Phi) is 8.00. The van der Waals surface area contributed by atoms with E-state index in [2.05, 4.69) is 27.6 Å². The van der Waals surface area contributed by atoms with Gasteiger partial charge in [-0.1, -0.05) is 53.4 Å². The number of rotatable bonds is 9. The quantitative estimate of drug-likeness (QED) is 0.272. The van der Waals surface area contributed by atoms with Gasteiger partial charge in [0.1, 0.15) is 5.75 Å². The van der Waals surface area contributed by atoms with Gasteiger partial charge in [-0.05, 0) is 59.5 Å². The Morgan fingerprint density at radius 2 is 1.74 bits per heavy atom. The molecular weight excluding hydrogens is 520 g/mol. The van der Waals surface area contributed by atoms with Crippen molar-refractivity contribution >= 4 is 39.8 Å². The second-order valence-corrected chi connectivity index (χ2v) is 10.8. The molecule has 3 aromatic carbocycles. The summed E-state index contributed by atoms with van der Waals surface area (Å²) >= 11 is 2.82. The average molecular weight is 549 g/mol. The van der Waals surface area contributed by atoms with Crippen LogP contribution in [0.15, 0.2) is 71.1 Å². The van der Waals surface area contributed by atoms with Crippen molar-refractivity contribution in [2.45, 2.75) is 16.8 Å². The minimum Gasteiger partial charge on any atom is -0.497 e. The first kappa shape index (κ1) is 25.9. The number of carbonyl (C=O) groups is 1. The van der Waals surface area contributed by atoms with E-state index in [1.807, 2.05) is 59.5 Å². The smallest absolute Gasteiger partial charge is 0.233 e. The molecule has 1 aliphatic rings. The molecule has 0 fully saturated rings. The molecule has 1 amide bonds. The first-order valence-corrected chi connectivity index (χ1v) is 13.9. The van der Waals surface area contributed by atoms with Gasteiger partial charge in [-0.2, -0.15) is 0 Å². The number of amides is 1. The molecule has 0 radical (unpaired) electrons. The lowest BCUT2D eigenvalue weighted by Gasteiger charge is -2.38. The van der Waals surface area contributed by atoms with Crippen molar-refractivity contribution in [2.75, 3.05) is 38.9 Å². The summed E-state index contributed by atoms with van der Waals surface area (Å²) in [4.78, 5) is 15.5. The highest BCUT2D eigenvalue weighted by molar-refractivity contribution is 8.01. The van der Waals surface area contributed by atoms with E-state index in [-0.39, 0.29) is 17.7 Å². The van der Waals surface area contributed by atoms with Crippen LogP contribution in [-0.4, -0.2) is 54.6 Å². The molecule has 0 unspecified atom stereocenters. The highest BCUT2D eigenvalue weighted by Gasteiger charge is 2.33. The second-order valence-electron chi connectivity index (χ2n) is 8.57. The predicted molar refractivity (Wildman–Crippen MR) is 150 cm³/mol. The van der Waals surface area contributed by atoms with Gasteiger partial charge in [-0.3, -0.25) is 4.79 Å². The van der Waals surface area contributed by atoms with Crippen LogP contribution in [-0.2, 0) is 11.2 Å². The molecule has 0 saturated carbocycles. The molecule has 196 valence electrons. The summed E-state index contributed by atoms with van der Waals surface area (Å²) in [6, 6.07) is 21.5. The molecule has 1 aliphatic heterocycles. The molecule has 2 heterocycles. The van der Waals surface area contributed by atoms with Gasteiger partial charge in [-0.15, -0.1) is 10.2 Å². The van der Waals surface area contributed by atoms with E-state index in [4.69, 9.17) is 14.2 Å². The molecule has 8 nitrogen and oxygen atoms in total. The first-order chi connectivity index (χ1) is 18.6. The number of anilines is 2. The number of aromatic nitrogens is 2. The number of benzene rings is 3. The van der Waals surface area contributed by atoms with Gasteiger partial charge in [0, 0.05) is 12.2 Å².